The van der Waals surface area contributed by atoms with E-state index in [9.17, 15) is 0 Å². The minimum atomic E-state index is 0.0348. The van der Waals surface area contributed by atoms with Crippen LogP contribution < -0.4 is 4.74 Å². The van der Waals surface area contributed by atoms with Gasteiger partial charge in [0.1, 0.15) is 18.0 Å². The fraction of sp³-hybridized carbons (Fsp3) is 0.538. The number of para-hydroxylation sites is 1. The van der Waals surface area contributed by atoms with Crippen LogP contribution >= 0.6 is 34.2 Å². The molecule has 0 aromatic heterocycles. The van der Waals surface area contributed by atoms with Crippen LogP contribution in [0.25, 0.3) is 0 Å². The molecule has 0 bridgehead atoms. The van der Waals surface area contributed by atoms with Gasteiger partial charge in [-0.1, -0.05) is 19.1 Å². The predicted octanol–water partition coefficient (Wildman–Crippen LogP) is 3.84. The SMILES string of the molecule is CCCOC1C(Cl)CC1Oc1ccccc1I. The topological polar surface area (TPSA) is 18.5 Å². The van der Waals surface area contributed by atoms with Gasteiger partial charge in [-0.3, -0.25) is 0 Å². The first-order chi connectivity index (χ1) is 8.22. The monoisotopic (exact) mass is 366 g/mol. The van der Waals surface area contributed by atoms with E-state index in [-0.39, 0.29) is 17.6 Å². The maximum atomic E-state index is 6.14. The normalized spacial score (nSPS) is 27.6. The summed E-state index contributed by atoms with van der Waals surface area (Å²) in [7, 11) is 0. The predicted molar refractivity (Wildman–Crippen MR) is 77.9 cm³/mol. The highest BCUT2D eigenvalue weighted by molar-refractivity contribution is 14.1. The molecule has 1 aliphatic carbocycles. The molecular formula is C13H16ClIO2. The van der Waals surface area contributed by atoms with E-state index in [2.05, 4.69) is 29.5 Å². The molecule has 1 aliphatic rings. The lowest BCUT2D eigenvalue weighted by Gasteiger charge is -2.40. The fourth-order valence-corrected chi connectivity index (χ4v) is 2.74. The number of halogens is 2. The van der Waals surface area contributed by atoms with Crippen LogP contribution in [0.1, 0.15) is 19.8 Å². The van der Waals surface area contributed by atoms with Crippen molar-refractivity contribution in [2.45, 2.75) is 37.4 Å². The van der Waals surface area contributed by atoms with E-state index in [4.69, 9.17) is 21.1 Å². The summed E-state index contributed by atoms with van der Waals surface area (Å²) in [6, 6.07) is 8.01. The van der Waals surface area contributed by atoms with Gasteiger partial charge in [-0.2, -0.15) is 0 Å². The third-order valence-electron chi connectivity index (χ3n) is 2.81. The number of alkyl halides is 1. The summed E-state index contributed by atoms with van der Waals surface area (Å²) in [6.45, 7) is 2.84. The molecule has 1 aromatic carbocycles. The van der Waals surface area contributed by atoms with Crippen molar-refractivity contribution in [3.8, 4) is 5.75 Å². The zero-order valence-electron chi connectivity index (χ0n) is 9.74. The zero-order chi connectivity index (χ0) is 12.3. The first-order valence-corrected chi connectivity index (χ1v) is 7.40. The van der Waals surface area contributed by atoms with Crippen molar-refractivity contribution in [1.29, 1.82) is 0 Å². The largest absolute Gasteiger partial charge is 0.486 e. The van der Waals surface area contributed by atoms with Gasteiger partial charge in [0.2, 0.25) is 0 Å². The van der Waals surface area contributed by atoms with Crippen molar-refractivity contribution >= 4 is 34.2 Å². The van der Waals surface area contributed by atoms with Crippen LogP contribution in [0.15, 0.2) is 24.3 Å². The molecule has 3 atom stereocenters. The molecule has 1 saturated carbocycles. The maximum Gasteiger partial charge on any atom is 0.133 e. The van der Waals surface area contributed by atoms with Gasteiger partial charge in [0.15, 0.2) is 0 Å². The summed E-state index contributed by atoms with van der Waals surface area (Å²) in [5, 5.41) is 0.0907. The molecule has 0 N–H and O–H groups in total. The van der Waals surface area contributed by atoms with Crippen LogP contribution in [0.2, 0.25) is 0 Å². The highest BCUT2D eigenvalue weighted by atomic mass is 127. The summed E-state index contributed by atoms with van der Waals surface area (Å²) in [6.07, 6.45) is 2.00. The summed E-state index contributed by atoms with van der Waals surface area (Å²) in [5.41, 5.74) is 0. The van der Waals surface area contributed by atoms with Crippen LogP contribution in [0.5, 0.6) is 5.75 Å². The molecule has 17 heavy (non-hydrogen) atoms. The van der Waals surface area contributed by atoms with Crippen molar-refractivity contribution < 1.29 is 9.47 Å². The van der Waals surface area contributed by atoms with Crippen molar-refractivity contribution in [2.75, 3.05) is 6.61 Å². The van der Waals surface area contributed by atoms with E-state index in [0.717, 1.165) is 28.8 Å². The smallest absolute Gasteiger partial charge is 0.133 e. The molecule has 1 aromatic rings. The second kappa shape index (κ2) is 6.25. The van der Waals surface area contributed by atoms with Gasteiger partial charge in [-0.25, -0.2) is 0 Å². The average molecular weight is 367 g/mol. The van der Waals surface area contributed by atoms with E-state index >= 15 is 0 Å². The van der Waals surface area contributed by atoms with Gasteiger partial charge in [0, 0.05) is 13.0 Å². The number of hydrogen-bond acceptors (Lipinski definition) is 2. The van der Waals surface area contributed by atoms with Crippen LogP contribution in [-0.4, -0.2) is 24.2 Å². The summed E-state index contributed by atoms with van der Waals surface area (Å²) < 4.78 is 12.8. The molecule has 2 rings (SSSR count). The summed E-state index contributed by atoms with van der Waals surface area (Å²) in [4.78, 5) is 0. The lowest BCUT2D eigenvalue weighted by Crippen LogP contribution is -2.52. The molecule has 0 spiro atoms. The Balaban J connectivity index is 1.93. The highest BCUT2D eigenvalue weighted by Crippen LogP contribution is 2.34. The lowest BCUT2D eigenvalue weighted by atomic mass is 9.91. The molecule has 4 heteroatoms. The molecule has 0 aliphatic heterocycles. The van der Waals surface area contributed by atoms with E-state index in [1.165, 1.54) is 0 Å². The molecule has 0 radical (unpaired) electrons. The average Bonchev–Trinajstić information content (AvgIpc) is 2.31. The Kier molecular flexibility index (Phi) is 4.94. The molecule has 0 saturated heterocycles. The van der Waals surface area contributed by atoms with Crippen molar-refractivity contribution in [3.05, 3.63) is 27.8 Å². The maximum absolute atomic E-state index is 6.14. The molecule has 3 unspecified atom stereocenters. The van der Waals surface area contributed by atoms with Crippen LogP contribution in [0.4, 0.5) is 0 Å². The molecule has 0 amide bonds. The molecular weight excluding hydrogens is 350 g/mol. The van der Waals surface area contributed by atoms with E-state index in [0.29, 0.717) is 0 Å². The van der Waals surface area contributed by atoms with Gasteiger partial charge in [-0.05, 0) is 41.1 Å². The highest BCUT2D eigenvalue weighted by Gasteiger charge is 2.42. The van der Waals surface area contributed by atoms with Crippen molar-refractivity contribution in [2.24, 2.45) is 0 Å². The van der Waals surface area contributed by atoms with Gasteiger partial charge < -0.3 is 9.47 Å². The van der Waals surface area contributed by atoms with E-state index < -0.39 is 0 Å². The number of benzene rings is 1. The quantitative estimate of drug-likeness (QED) is 0.582. The zero-order valence-corrected chi connectivity index (χ0v) is 12.6. The minimum absolute atomic E-state index is 0.0348. The Hall–Kier alpha value is -0.000000000000000111. The molecule has 94 valence electrons. The summed E-state index contributed by atoms with van der Waals surface area (Å²) in [5.74, 6) is 0.923. The standard InChI is InChI=1S/C13H16ClIO2/c1-2-7-16-13-9(14)8-12(13)17-11-6-4-3-5-10(11)15/h3-6,9,12-13H,2,7-8H2,1H3. The number of rotatable bonds is 5. The molecule has 1 fully saturated rings. The van der Waals surface area contributed by atoms with E-state index in [1.54, 1.807) is 0 Å². The third kappa shape index (κ3) is 3.26. The first-order valence-electron chi connectivity index (χ1n) is 5.89. The number of ether oxygens (including phenoxy) is 2. The van der Waals surface area contributed by atoms with Gasteiger partial charge in [0.05, 0.1) is 8.95 Å². The number of hydrogen-bond donors (Lipinski definition) is 0. The molecule has 0 heterocycles. The Morgan fingerprint density at radius 1 is 1.41 bits per heavy atom. The Labute approximate surface area is 121 Å². The molecule has 2 nitrogen and oxygen atoms in total. The lowest BCUT2D eigenvalue weighted by molar-refractivity contribution is -0.0800. The Bertz CT molecular complexity index is 372. The first kappa shape index (κ1) is 13.4. The van der Waals surface area contributed by atoms with Crippen molar-refractivity contribution in [3.63, 3.8) is 0 Å². The second-order valence-corrected chi connectivity index (χ2v) is 5.90. The van der Waals surface area contributed by atoms with E-state index in [1.807, 2.05) is 24.3 Å². The van der Waals surface area contributed by atoms with Gasteiger partial charge in [-0.15, -0.1) is 11.6 Å². The summed E-state index contributed by atoms with van der Waals surface area (Å²) >= 11 is 8.42. The van der Waals surface area contributed by atoms with Gasteiger partial charge >= 0.3 is 0 Å². The van der Waals surface area contributed by atoms with Gasteiger partial charge in [0.25, 0.3) is 0 Å². The third-order valence-corrected chi connectivity index (χ3v) is 4.13. The van der Waals surface area contributed by atoms with Crippen LogP contribution in [0, 0.1) is 3.57 Å². The van der Waals surface area contributed by atoms with Crippen LogP contribution in [-0.2, 0) is 4.74 Å². The fourth-order valence-electron chi connectivity index (χ4n) is 1.81. The van der Waals surface area contributed by atoms with Crippen LogP contribution in [0.3, 0.4) is 0 Å². The minimum Gasteiger partial charge on any atom is -0.486 e. The second-order valence-electron chi connectivity index (χ2n) is 4.17. The Morgan fingerprint density at radius 2 is 2.18 bits per heavy atom. The van der Waals surface area contributed by atoms with Crippen molar-refractivity contribution in [1.82, 2.24) is 0 Å². The Morgan fingerprint density at radius 3 is 2.82 bits per heavy atom.